The van der Waals surface area contributed by atoms with Crippen LogP contribution in [0.15, 0.2) is 24.7 Å². The van der Waals surface area contributed by atoms with Crippen molar-refractivity contribution in [2.24, 2.45) is 0 Å². The van der Waals surface area contributed by atoms with Gasteiger partial charge in [-0.3, -0.25) is 0 Å². The summed E-state index contributed by atoms with van der Waals surface area (Å²) in [6.07, 6.45) is 0.761. The Kier molecular flexibility index (Phi) is 2.92. The highest BCUT2D eigenvalue weighted by Gasteiger charge is 2.42. The molecule has 68 valence electrons. The number of hydrogen-bond acceptors (Lipinski definition) is 2. The van der Waals surface area contributed by atoms with E-state index in [9.17, 15) is 0 Å². The lowest BCUT2D eigenvalue weighted by Crippen LogP contribution is -2.25. The third-order valence-electron chi connectivity index (χ3n) is 1.38. The number of halogens is 2. The molecular weight excluding hydrogens is 218 g/mol. The quantitative estimate of drug-likeness (QED) is 0.503. The van der Waals surface area contributed by atoms with Crippen LogP contribution in [0, 0.1) is 0 Å². The van der Waals surface area contributed by atoms with Crippen molar-refractivity contribution in [2.75, 3.05) is 6.16 Å². The maximum Gasteiger partial charge on any atom is 0.289 e. The molecule has 0 aromatic rings. The summed E-state index contributed by atoms with van der Waals surface area (Å²) < 4.78 is 9.19. The van der Waals surface area contributed by atoms with E-state index in [-0.39, 0.29) is 0 Å². The van der Waals surface area contributed by atoms with Crippen LogP contribution in [-0.2, 0) is 9.05 Å². The molecule has 0 N–H and O–H groups in total. The molecule has 0 aliphatic carbocycles. The van der Waals surface area contributed by atoms with Gasteiger partial charge >= 0.3 is 0 Å². The van der Waals surface area contributed by atoms with Crippen molar-refractivity contribution in [3.05, 3.63) is 24.7 Å². The first-order valence-electron chi connectivity index (χ1n) is 3.38. The molecule has 0 atom stereocenters. The van der Waals surface area contributed by atoms with Crippen LogP contribution in [0.25, 0.3) is 0 Å². The van der Waals surface area contributed by atoms with E-state index in [2.05, 4.69) is 13.2 Å². The molecule has 0 radical (unpaired) electrons. The van der Waals surface area contributed by atoms with Crippen LogP contribution in [0.5, 0.6) is 0 Å². The van der Waals surface area contributed by atoms with Crippen molar-refractivity contribution in [2.45, 2.75) is 11.3 Å². The molecule has 5 heteroatoms. The van der Waals surface area contributed by atoms with Gasteiger partial charge in [0.25, 0.3) is 8.38 Å². The van der Waals surface area contributed by atoms with Gasteiger partial charge in [-0.2, -0.15) is 0 Å². The van der Waals surface area contributed by atoms with Crippen LogP contribution in [0.2, 0.25) is 0 Å². The molecule has 1 fully saturated rings. The lowest BCUT2D eigenvalue weighted by atomic mass is 10.3. The van der Waals surface area contributed by atoms with E-state index in [0.29, 0.717) is 11.5 Å². The fourth-order valence-corrected chi connectivity index (χ4v) is 2.09. The molecule has 0 bridgehead atoms. The normalized spacial score (nSPS) is 23.2. The molecule has 0 spiro atoms. The Balaban J connectivity index is 2.78. The maximum atomic E-state index is 5.82. The fourth-order valence-electron chi connectivity index (χ4n) is 0.664. The SMILES string of the molecule is C=C1OP(CC)OC(=C)C1(Cl)Cl. The Morgan fingerprint density at radius 1 is 1.33 bits per heavy atom. The van der Waals surface area contributed by atoms with Crippen LogP contribution in [0.3, 0.4) is 0 Å². The molecule has 1 aliphatic heterocycles. The molecule has 1 saturated heterocycles. The molecule has 1 heterocycles. The van der Waals surface area contributed by atoms with E-state index >= 15 is 0 Å². The molecule has 2 nitrogen and oxygen atoms in total. The molecule has 0 aromatic heterocycles. The van der Waals surface area contributed by atoms with Gasteiger partial charge < -0.3 is 9.05 Å². The molecule has 0 aromatic carbocycles. The Labute approximate surface area is 83.1 Å². The Hall–Kier alpha value is 0.0900. The van der Waals surface area contributed by atoms with Gasteiger partial charge in [-0.15, -0.1) is 0 Å². The van der Waals surface area contributed by atoms with E-state index < -0.39 is 12.7 Å². The highest BCUT2D eigenvalue weighted by molar-refractivity contribution is 7.47. The minimum Gasteiger partial charge on any atom is -0.440 e. The largest absolute Gasteiger partial charge is 0.440 e. The van der Waals surface area contributed by atoms with Crippen LogP contribution in [0.1, 0.15) is 6.92 Å². The van der Waals surface area contributed by atoms with Crippen molar-refractivity contribution in [3.8, 4) is 0 Å². The zero-order valence-electron chi connectivity index (χ0n) is 6.64. The fraction of sp³-hybridized carbons (Fsp3) is 0.429. The van der Waals surface area contributed by atoms with E-state index in [0.717, 1.165) is 6.16 Å². The van der Waals surface area contributed by atoms with Gasteiger partial charge in [0.2, 0.25) is 4.33 Å². The standard InChI is InChI=1S/C7H9Cl2O2P/c1-4-12-10-5(2)7(8,9)6(3)11-12/h2-4H2,1H3. The zero-order chi connectivity index (χ0) is 9.35. The summed E-state index contributed by atoms with van der Waals surface area (Å²) in [5.41, 5.74) is 0. The smallest absolute Gasteiger partial charge is 0.289 e. The first kappa shape index (κ1) is 10.2. The third kappa shape index (κ3) is 1.71. The first-order chi connectivity index (χ1) is 5.48. The highest BCUT2D eigenvalue weighted by Crippen LogP contribution is 2.55. The molecule has 12 heavy (non-hydrogen) atoms. The third-order valence-corrected chi connectivity index (χ3v) is 3.59. The van der Waals surface area contributed by atoms with Crippen molar-refractivity contribution in [1.29, 1.82) is 0 Å². The average Bonchev–Trinajstić information content (AvgIpc) is 2.00. The van der Waals surface area contributed by atoms with E-state index in [1.54, 1.807) is 0 Å². The van der Waals surface area contributed by atoms with Crippen LogP contribution >= 0.6 is 31.6 Å². The highest BCUT2D eigenvalue weighted by atomic mass is 35.5. The predicted octanol–water partition coefficient (Wildman–Crippen LogP) is 3.57. The second-order valence-corrected chi connectivity index (χ2v) is 5.24. The zero-order valence-corrected chi connectivity index (χ0v) is 9.05. The van der Waals surface area contributed by atoms with Gasteiger partial charge in [0.05, 0.1) is 0 Å². The van der Waals surface area contributed by atoms with Crippen molar-refractivity contribution >= 4 is 31.6 Å². The lowest BCUT2D eigenvalue weighted by molar-refractivity contribution is 0.287. The average molecular weight is 227 g/mol. The minimum atomic E-state index is -1.30. The molecule has 1 aliphatic rings. The second kappa shape index (κ2) is 3.45. The second-order valence-electron chi connectivity index (χ2n) is 2.25. The van der Waals surface area contributed by atoms with Crippen LogP contribution in [0.4, 0.5) is 0 Å². The predicted molar refractivity (Wildman–Crippen MR) is 52.3 cm³/mol. The lowest BCUT2D eigenvalue weighted by Gasteiger charge is -2.33. The van der Waals surface area contributed by atoms with E-state index in [4.69, 9.17) is 32.2 Å². The summed E-state index contributed by atoms with van der Waals surface area (Å²) in [5, 5.41) is 0. The molecule has 0 saturated carbocycles. The van der Waals surface area contributed by atoms with Gasteiger partial charge in [0, 0.05) is 6.16 Å². The van der Waals surface area contributed by atoms with E-state index in [1.165, 1.54) is 0 Å². The van der Waals surface area contributed by atoms with Gasteiger partial charge in [-0.1, -0.05) is 43.3 Å². The Morgan fingerprint density at radius 2 is 1.75 bits per heavy atom. The minimum absolute atomic E-state index is 0.301. The number of rotatable bonds is 1. The van der Waals surface area contributed by atoms with Crippen molar-refractivity contribution < 1.29 is 9.05 Å². The van der Waals surface area contributed by atoms with Gasteiger partial charge in [0.15, 0.2) is 0 Å². The van der Waals surface area contributed by atoms with Gasteiger partial charge in [0.1, 0.15) is 11.5 Å². The molecular formula is C7H9Cl2O2P. The Bertz CT molecular complexity index is 207. The van der Waals surface area contributed by atoms with Crippen molar-refractivity contribution in [1.82, 2.24) is 0 Å². The van der Waals surface area contributed by atoms with E-state index in [1.807, 2.05) is 6.92 Å². The summed E-state index contributed by atoms with van der Waals surface area (Å²) in [4.78, 5) is 0. The maximum absolute atomic E-state index is 5.82. The summed E-state index contributed by atoms with van der Waals surface area (Å²) in [5.74, 6) is 0.602. The topological polar surface area (TPSA) is 18.5 Å². The summed E-state index contributed by atoms with van der Waals surface area (Å²) in [6, 6.07) is 0. The van der Waals surface area contributed by atoms with Gasteiger partial charge in [-0.05, 0) is 0 Å². The molecule has 0 amide bonds. The number of alkyl halides is 2. The monoisotopic (exact) mass is 226 g/mol. The van der Waals surface area contributed by atoms with Gasteiger partial charge in [-0.25, -0.2) is 0 Å². The summed E-state index contributed by atoms with van der Waals surface area (Å²) in [6.45, 7) is 9.16. The summed E-state index contributed by atoms with van der Waals surface area (Å²) >= 11 is 11.6. The first-order valence-corrected chi connectivity index (χ1v) is 5.50. The molecule has 0 unspecified atom stereocenters. The summed E-state index contributed by atoms with van der Waals surface area (Å²) in [7, 11) is -0.975. The van der Waals surface area contributed by atoms with Crippen LogP contribution < -0.4 is 0 Å². The Morgan fingerprint density at radius 3 is 2.08 bits per heavy atom. The van der Waals surface area contributed by atoms with Crippen LogP contribution in [-0.4, -0.2) is 10.5 Å². The number of hydrogen-bond donors (Lipinski definition) is 0. The molecule has 1 rings (SSSR count). The van der Waals surface area contributed by atoms with Crippen molar-refractivity contribution in [3.63, 3.8) is 0 Å².